The first kappa shape index (κ1) is 35.3. The van der Waals surface area contributed by atoms with Crippen LogP contribution in [-0.4, -0.2) is 94.2 Å². The number of amides is 3. The number of fused-ring (bicyclic) bond motifs is 1. The Morgan fingerprint density at radius 3 is 2.62 bits per heavy atom. The molecule has 0 bridgehead atoms. The highest BCUT2D eigenvalue weighted by Crippen LogP contribution is 2.33. The van der Waals surface area contributed by atoms with E-state index >= 15 is 0 Å². The Morgan fingerprint density at radius 1 is 1.06 bits per heavy atom. The Kier molecular flexibility index (Phi) is 10.3. The monoisotopic (exact) mass is 709 g/mol. The van der Waals surface area contributed by atoms with Gasteiger partial charge in [-0.15, -0.1) is 0 Å². The van der Waals surface area contributed by atoms with Crippen LogP contribution in [0.2, 0.25) is 0 Å². The van der Waals surface area contributed by atoms with Crippen molar-refractivity contribution in [1.29, 1.82) is 0 Å². The zero-order valence-corrected chi connectivity index (χ0v) is 29.4. The van der Waals surface area contributed by atoms with Gasteiger partial charge in [0.1, 0.15) is 17.6 Å². The van der Waals surface area contributed by atoms with Gasteiger partial charge in [-0.25, -0.2) is 9.37 Å². The number of nitrogens with zero attached hydrogens (tertiary/aromatic N) is 5. The Balaban J connectivity index is 0.978. The van der Waals surface area contributed by atoms with Crippen molar-refractivity contribution in [3.05, 3.63) is 94.8 Å². The van der Waals surface area contributed by atoms with E-state index in [0.29, 0.717) is 16.8 Å². The first-order chi connectivity index (χ1) is 25.1. The quantitative estimate of drug-likeness (QED) is 0.211. The number of hydrogen-bond acceptors (Lipinski definition) is 9. The smallest absolute Gasteiger partial charge is 0.270 e. The lowest BCUT2D eigenvalue weighted by Gasteiger charge is -2.36. The summed E-state index contributed by atoms with van der Waals surface area (Å²) in [5.74, 6) is -0.391. The Morgan fingerprint density at radius 2 is 1.87 bits per heavy atom. The van der Waals surface area contributed by atoms with Gasteiger partial charge in [-0.1, -0.05) is 29.4 Å². The summed E-state index contributed by atoms with van der Waals surface area (Å²) in [6.45, 7) is 7.74. The molecule has 7 rings (SSSR count). The van der Waals surface area contributed by atoms with Gasteiger partial charge in [0.2, 0.25) is 11.8 Å². The zero-order chi connectivity index (χ0) is 36.4. The van der Waals surface area contributed by atoms with Gasteiger partial charge in [-0.2, -0.15) is 0 Å². The fraction of sp³-hybridized carbons (Fsp3) is 0.410. The molecule has 1 saturated carbocycles. The molecule has 4 heterocycles. The fourth-order valence-corrected chi connectivity index (χ4v) is 7.00. The number of anilines is 1. The summed E-state index contributed by atoms with van der Waals surface area (Å²) < 4.78 is 18.9. The second-order valence-corrected chi connectivity index (χ2v) is 14.1. The van der Waals surface area contributed by atoms with E-state index in [1.54, 1.807) is 6.07 Å². The molecule has 0 radical (unpaired) electrons. The summed E-state index contributed by atoms with van der Waals surface area (Å²) in [4.78, 5) is 50.1. The Hall–Kier alpha value is -5.14. The number of likely N-dealkylation sites (tertiary alicyclic amines) is 1. The fourth-order valence-electron chi connectivity index (χ4n) is 7.00. The van der Waals surface area contributed by atoms with Gasteiger partial charge in [-0.05, 0) is 80.1 Å². The van der Waals surface area contributed by atoms with Gasteiger partial charge in [0.25, 0.3) is 5.91 Å². The number of aryl methyl sites for hydroxylation is 1. The highest BCUT2D eigenvalue weighted by Gasteiger charge is 2.39. The summed E-state index contributed by atoms with van der Waals surface area (Å²) in [5, 5.41) is 20.7. The van der Waals surface area contributed by atoms with E-state index in [0.717, 1.165) is 61.0 Å². The highest BCUT2D eigenvalue weighted by molar-refractivity contribution is 5.97. The molecule has 12 nitrogen and oxygen atoms in total. The summed E-state index contributed by atoms with van der Waals surface area (Å²) in [6.07, 6.45) is 5.98. The minimum atomic E-state index is -0.891. The van der Waals surface area contributed by atoms with E-state index in [4.69, 9.17) is 4.52 Å². The maximum Gasteiger partial charge on any atom is 0.270 e. The Labute approximate surface area is 301 Å². The molecule has 0 unspecified atom stereocenters. The number of β-amino-alcohol motifs (C(OH)–C–C–N with tert-alkyl or cyclic N) is 1. The third-order valence-corrected chi connectivity index (χ3v) is 10.0. The molecule has 2 aromatic heterocycles. The first-order valence-corrected chi connectivity index (χ1v) is 17.9. The molecule has 3 N–H and O–H groups in total. The minimum Gasteiger partial charge on any atom is -0.391 e. The van der Waals surface area contributed by atoms with Crippen LogP contribution in [-0.2, 0) is 16.1 Å². The number of hydrogen-bond donors (Lipinski definition) is 3. The minimum absolute atomic E-state index is 0.0175. The number of allylic oxidation sites excluding steroid dienone is 1. The number of piperazine rings is 1. The van der Waals surface area contributed by atoms with Crippen LogP contribution in [0.5, 0.6) is 0 Å². The number of aliphatic hydroxyl groups is 1. The van der Waals surface area contributed by atoms with Gasteiger partial charge >= 0.3 is 0 Å². The van der Waals surface area contributed by atoms with Crippen LogP contribution in [0, 0.1) is 18.7 Å². The van der Waals surface area contributed by atoms with Crippen molar-refractivity contribution in [2.75, 3.05) is 44.2 Å². The molecule has 3 fully saturated rings. The van der Waals surface area contributed by atoms with Crippen LogP contribution < -0.4 is 15.5 Å². The van der Waals surface area contributed by atoms with Gasteiger partial charge in [0.15, 0.2) is 5.76 Å². The molecule has 3 atom stereocenters. The van der Waals surface area contributed by atoms with E-state index in [-0.39, 0.29) is 37.2 Å². The molecular weight excluding hydrogens is 665 g/mol. The summed E-state index contributed by atoms with van der Waals surface area (Å²) in [5.41, 5.74) is 4.53. The third kappa shape index (κ3) is 8.32. The third-order valence-electron chi connectivity index (χ3n) is 10.0. The topological polar surface area (TPSA) is 144 Å². The van der Waals surface area contributed by atoms with Crippen LogP contribution in [0.3, 0.4) is 0 Å². The first-order valence-electron chi connectivity index (χ1n) is 17.9. The van der Waals surface area contributed by atoms with Crippen LogP contribution in [0.4, 0.5) is 10.1 Å². The van der Waals surface area contributed by atoms with E-state index in [1.807, 2.05) is 19.9 Å². The second kappa shape index (κ2) is 15.2. The number of halogens is 1. The number of nitrogens with one attached hydrogen (secondary N) is 2. The molecule has 2 aromatic carbocycles. The SMILES string of the molecule is Cc1cc(CN2CCN(c3ccc([C@H](C)NC(=O)[C@@H]4C[C@@H](O)CN4C(=O)CNC(=O)c4ccc5cc(F)ccc5n4)c(/C=C/C4CC4)c3)CC2)on1. The lowest BCUT2D eigenvalue weighted by atomic mass is 9.98. The van der Waals surface area contributed by atoms with Crippen molar-refractivity contribution >= 4 is 40.4 Å². The molecule has 4 aromatic rings. The molecule has 13 heteroatoms. The molecule has 3 amide bonds. The van der Waals surface area contributed by atoms with Crippen molar-refractivity contribution in [1.82, 2.24) is 30.6 Å². The number of carbonyl (C=O) groups is 3. The van der Waals surface area contributed by atoms with Gasteiger partial charge in [0, 0.05) is 56.3 Å². The second-order valence-electron chi connectivity index (χ2n) is 14.1. The number of aromatic nitrogens is 2. The van der Waals surface area contributed by atoms with Crippen LogP contribution in [0.25, 0.3) is 17.0 Å². The van der Waals surface area contributed by atoms with Crippen molar-refractivity contribution in [2.45, 2.75) is 57.8 Å². The molecule has 0 spiro atoms. The standard InChI is InChI=1S/C39H44FN7O5/c1-24-17-32(52-44-24)23-45-13-15-46(16-14-45)30-9-10-33(27(19-30)6-5-26-3-4-26)25(2)42-39(51)36-20-31(48)22-47(36)37(49)21-41-38(50)35-11-7-28-18-29(40)8-12-34(28)43-35/h5-12,17-19,25-26,31,36,48H,3-4,13-16,20-23H2,1-2H3,(H,41,50)(H,42,51)/b6-5+/t25-,31+,36-/m0/s1. The van der Waals surface area contributed by atoms with Crippen molar-refractivity contribution in [3.8, 4) is 0 Å². The van der Waals surface area contributed by atoms with Crippen molar-refractivity contribution < 1.29 is 28.4 Å². The van der Waals surface area contributed by atoms with E-state index < -0.39 is 29.8 Å². The van der Waals surface area contributed by atoms with E-state index in [2.05, 4.69) is 60.9 Å². The largest absolute Gasteiger partial charge is 0.391 e. The number of rotatable bonds is 11. The summed E-state index contributed by atoms with van der Waals surface area (Å²) in [6, 6.07) is 14.2. The molecule has 52 heavy (non-hydrogen) atoms. The van der Waals surface area contributed by atoms with E-state index in [1.165, 1.54) is 42.0 Å². The van der Waals surface area contributed by atoms with Gasteiger partial charge in [-0.3, -0.25) is 19.3 Å². The summed E-state index contributed by atoms with van der Waals surface area (Å²) >= 11 is 0. The van der Waals surface area contributed by atoms with Crippen LogP contribution in [0.1, 0.15) is 65.3 Å². The lowest BCUT2D eigenvalue weighted by Crippen LogP contribution is -2.49. The van der Waals surface area contributed by atoms with Gasteiger partial charge in [0.05, 0.1) is 36.4 Å². The average Bonchev–Trinajstić information content (AvgIpc) is 3.76. The number of benzene rings is 2. The van der Waals surface area contributed by atoms with Crippen molar-refractivity contribution in [2.24, 2.45) is 5.92 Å². The maximum atomic E-state index is 13.7. The molecule has 2 saturated heterocycles. The summed E-state index contributed by atoms with van der Waals surface area (Å²) in [7, 11) is 0. The lowest BCUT2D eigenvalue weighted by molar-refractivity contribution is -0.138. The highest BCUT2D eigenvalue weighted by atomic mass is 19.1. The number of carbonyl (C=O) groups excluding carboxylic acids is 3. The molecule has 1 aliphatic carbocycles. The normalized spacial score (nSPS) is 20.1. The predicted molar refractivity (Wildman–Crippen MR) is 194 cm³/mol. The molecule has 272 valence electrons. The van der Waals surface area contributed by atoms with Crippen LogP contribution in [0.15, 0.2) is 65.2 Å². The zero-order valence-electron chi connectivity index (χ0n) is 29.4. The van der Waals surface area contributed by atoms with Crippen molar-refractivity contribution in [3.63, 3.8) is 0 Å². The van der Waals surface area contributed by atoms with Crippen LogP contribution >= 0.6 is 0 Å². The van der Waals surface area contributed by atoms with Gasteiger partial charge < -0.3 is 30.1 Å². The molecule has 2 aliphatic heterocycles. The molecule has 3 aliphatic rings. The van der Waals surface area contributed by atoms with E-state index in [9.17, 15) is 23.9 Å². The number of aliphatic hydroxyl groups excluding tert-OH is 1. The molecular formula is C39H44FN7O5. The maximum absolute atomic E-state index is 13.7. The predicted octanol–water partition coefficient (Wildman–Crippen LogP) is 3.98. The average molecular weight is 710 g/mol. The Bertz CT molecular complexity index is 1990. The number of pyridine rings is 1.